The Morgan fingerprint density at radius 3 is 2.88 bits per heavy atom. The number of hydrogen-bond acceptors (Lipinski definition) is 6. The van der Waals surface area contributed by atoms with E-state index in [2.05, 4.69) is 20.1 Å². The minimum absolute atomic E-state index is 0.286. The highest BCUT2D eigenvalue weighted by Crippen LogP contribution is 2.41. The Labute approximate surface area is 145 Å². The zero-order valence-electron chi connectivity index (χ0n) is 13.6. The standard InChI is InChI=1S/C15H21N5O2S2/c1-11-10-23-14(18-11)15(4-2-3-5-15)19-24(21,22)13-9-17-20-7-6-16-8-12(13)20/h9-10,16,19H,2-8H2,1H3. The van der Waals surface area contributed by atoms with Gasteiger partial charge in [0, 0.05) is 24.2 Å². The van der Waals surface area contributed by atoms with Crippen molar-refractivity contribution in [2.75, 3.05) is 6.54 Å². The lowest BCUT2D eigenvalue weighted by atomic mass is 10.0. The van der Waals surface area contributed by atoms with Crippen LogP contribution in [-0.2, 0) is 28.7 Å². The maximum absolute atomic E-state index is 13.1. The molecule has 2 aromatic rings. The van der Waals surface area contributed by atoms with Gasteiger partial charge in [-0.25, -0.2) is 13.4 Å². The van der Waals surface area contributed by atoms with Gasteiger partial charge in [0.1, 0.15) is 9.90 Å². The Morgan fingerprint density at radius 2 is 2.17 bits per heavy atom. The summed E-state index contributed by atoms with van der Waals surface area (Å²) in [4.78, 5) is 4.86. The SMILES string of the molecule is Cc1csc(C2(NS(=O)(=O)c3cnn4c3CNCC4)CCCC2)n1. The van der Waals surface area contributed by atoms with E-state index in [0.717, 1.165) is 48.6 Å². The van der Waals surface area contributed by atoms with E-state index in [1.807, 2.05) is 12.3 Å². The first-order valence-electron chi connectivity index (χ1n) is 8.22. The van der Waals surface area contributed by atoms with Crippen molar-refractivity contribution in [1.29, 1.82) is 0 Å². The van der Waals surface area contributed by atoms with Gasteiger partial charge in [0.05, 0.1) is 24.0 Å². The zero-order valence-corrected chi connectivity index (χ0v) is 15.2. The summed E-state index contributed by atoms with van der Waals surface area (Å²) in [5.41, 5.74) is 1.10. The van der Waals surface area contributed by atoms with Gasteiger partial charge in [-0.1, -0.05) is 12.8 Å². The number of nitrogens with zero attached hydrogens (tertiary/aromatic N) is 3. The number of hydrogen-bond donors (Lipinski definition) is 2. The first-order chi connectivity index (χ1) is 11.5. The average Bonchev–Trinajstić information content (AvgIpc) is 3.26. The highest BCUT2D eigenvalue weighted by atomic mass is 32.2. The number of sulfonamides is 1. The van der Waals surface area contributed by atoms with E-state index in [9.17, 15) is 8.42 Å². The van der Waals surface area contributed by atoms with Crippen LogP contribution in [0.2, 0.25) is 0 Å². The molecule has 2 N–H and O–H groups in total. The van der Waals surface area contributed by atoms with Crippen LogP contribution in [0.25, 0.3) is 0 Å². The summed E-state index contributed by atoms with van der Waals surface area (Å²) in [6.45, 7) is 3.97. The van der Waals surface area contributed by atoms with Crippen LogP contribution < -0.4 is 10.0 Å². The first kappa shape index (κ1) is 16.2. The fourth-order valence-corrected chi connectivity index (χ4v) is 6.28. The van der Waals surface area contributed by atoms with E-state index in [1.54, 1.807) is 16.0 Å². The lowest BCUT2D eigenvalue weighted by molar-refractivity contribution is 0.401. The van der Waals surface area contributed by atoms with Crippen LogP contribution in [-0.4, -0.2) is 29.7 Å². The molecule has 0 spiro atoms. The molecule has 0 saturated heterocycles. The highest BCUT2D eigenvalue weighted by molar-refractivity contribution is 7.89. The van der Waals surface area contributed by atoms with E-state index in [0.29, 0.717) is 13.1 Å². The van der Waals surface area contributed by atoms with Gasteiger partial charge < -0.3 is 5.32 Å². The van der Waals surface area contributed by atoms with Crippen molar-refractivity contribution < 1.29 is 8.42 Å². The van der Waals surface area contributed by atoms with E-state index in [-0.39, 0.29) is 4.90 Å². The summed E-state index contributed by atoms with van der Waals surface area (Å²) in [7, 11) is -3.65. The third kappa shape index (κ3) is 2.69. The third-order valence-corrected chi connectivity index (χ3v) is 7.55. The average molecular weight is 368 g/mol. The van der Waals surface area contributed by atoms with Crippen LogP contribution in [0.3, 0.4) is 0 Å². The quantitative estimate of drug-likeness (QED) is 0.855. The van der Waals surface area contributed by atoms with Crippen LogP contribution in [0.4, 0.5) is 0 Å². The molecule has 7 nitrogen and oxygen atoms in total. The predicted molar refractivity (Wildman–Crippen MR) is 91.3 cm³/mol. The fraction of sp³-hybridized carbons (Fsp3) is 0.600. The molecule has 2 aromatic heterocycles. The van der Waals surface area contributed by atoms with Crippen LogP contribution in [0.15, 0.2) is 16.5 Å². The van der Waals surface area contributed by atoms with Gasteiger partial charge in [-0.3, -0.25) is 4.68 Å². The number of aryl methyl sites for hydroxylation is 1. The van der Waals surface area contributed by atoms with Crippen LogP contribution in [0.1, 0.15) is 42.1 Å². The molecule has 0 aromatic carbocycles. The highest BCUT2D eigenvalue weighted by Gasteiger charge is 2.42. The second-order valence-corrected chi connectivity index (χ2v) is 9.05. The van der Waals surface area contributed by atoms with Gasteiger partial charge >= 0.3 is 0 Å². The molecule has 0 unspecified atom stereocenters. The van der Waals surface area contributed by atoms with Crippen molar-refractivity contribution in [3.05, 3.63) is 28.0 Å². The van der Waals surface area contributed by atoms with Crippen LogP contribution in [0.5, 0.6) is 0 Å². The Balaban J connectivity index is 1.71. The van der Waals surface area contributed by atoms with Crippen LogP contribution >= 0.6 is 11.3 Å². The minimum Gasteiger partial charge on any atom is -0.309 e. The fourth-order valence-electron chi connectivity index (χ4n) is 3.60. The number of fused-ring (bicyclic) bond motifs is 1. The van der Waals surface area contributed by atoms with Gasteiger partial charge in [0.15, 0.2) is 0 Å². The second-order valence-electron chi connectivity index (χ2n) is 6.54. The summed E-state index contributed by atoms with van der Waals surface area (Å²) >= 11 is 1.54. The maximum Gasteiger partial charge on any atom is 0.244 e. The molecule has 9 heteroatoms. The summed E-state index contributed by atoms with van der Waals surface area (Å²) in [5.74, 6) is 0. The summed E-state index contributed by atoms with van der Waals surface area (Å²) in [5, 5.41) is 10.3. The largest absolute Gasteiger partial charge is 0.309 e. The van der Waals surface area contributed by atoms with Gasteiger partial charge in [0.25, 0.3) is 0 Å². The molecule has 1 fully saturated rings. The Kier molecular flexibility index (Phi) is 3.98. The molecule has 1 aliphatic carbocycles. The molecule has 4 rings (SSSR count). The molecular weight excluding hydrogens is 346 g/mol. The molecule has 0 radical (unpaired) electrons. The smallest absolute Gasteiger partial charge is 0.244 e. The maximum atomic E-state index is 13.1. The normalized spacial score (nSPS) is 20.2. The monoisotopic (exact) mass is 367 g/mol. The molecule has 0 amide bonds. The second kappa shape index (κ2) is 5.91. The van der Waals surface area contributed by atoms with Crippen LogP contribution in [0, 0.1) is 6.92 Å². The third-order valence-electron chi connectivity index (χ3n) is 4.81. The zero-order chi connectivity index (χ0) is 16.8. The van der Waals surface area contributed by atoms with E-state index >= 15 is 0 Å². The number of aromatic nitrogens is 3. The van der Waals surface area contributed by atoms with Crippen molar-refractivity contribution in [2.24, 2.45) is 0 Å². The Morgan fingerprint density at radius 1 is 1.38 bits per heavy atom. The van der Waals surface area contributed by atoms with Crippen molar-refractivity contribution in [3.8, 4) is 0 Å². The van der Waals surface area contributed by atoms with E-state index in [1.165, 1.54) is 6.20 Å². The molecule has 0 atom stereocenters. The number of rotatable bonds is 4. The van der Waals surface area contributed by atoms with Gasteiger partial charge in [-0.05, 0) is 19.8 Å². The lowest BCUT2D eigenvalue weighted by Gasteiger charge is -2.28. The Hall–Kier alpha value is -1.29. The summed E-state index contributed by atoms with van der Waals surface area (Å²) in [6, 6.07) is 0. The Bertz CT molecular complexity index is 849. The first-order valence-corrected chi connectivity index (χ1v) is 10.6. The van der Waals surface area contributed by atoms with Crippen molar-refractivity contribution >= 4 is 21.4 Å². The van der Waals surface area contributed by atoms with Gasteiger partial charge in [-0.15, -0.1) is 11.3 Å². The molecule has 0 bridgehead atoms. The molecule has 1 aliphatic heterocycles. The molecule has 130 valence electrons. The van der Waals surface area contributed by atoms with E-state index in [4.69, 9.17) is 0 Å². The van der Waals surface area contributed by atoms with Crippen molar-refractivity contribution in [3.63, 3.8) is 0 Å². The number of nitrogens with one attached hydrogen (secondary N) is 2. The van der Waals surface area contributed by atoms with Crippen molar-refractivity contribution in [2.45, 2.75) is 56.1 Å². The minimum atomic E-state index is -3.65. The summed E-state index contributed by atoms with van der Waals surface area (Å²) < 4.78 is 30.9. The van der Waals surface area contributed by atoms with Gasteiger partial charge in [0.2, 0.25) is 10.0 Å². The predicted octanol–water partition coefficient (Wildman–Crippen LogP) is 1.50. The summed E-state index contributed by atoms with van der Waals surface area (Å²) in [6.07, 6.45) is 5.08. The topological polar surface area (TPSA) is 88.9 Å². The number of thiazole rings is 1. The van der Waals surface area contributed by atoms with Gasteiger partial charge in [-0.2, -0.15) is 9.82 Å². The molecule has 1 saturated carbocycles. The lowest BCUT2D eigenvalue weighted by Crippen LogP contribution is -2.44. The van der Waals surface area contributed by atoms with E-state index < -0.39 is 15.6 Å². The molecule has 2 aliphatic rings. The molecule has 24 heavy (non-hydrogen) atoms. The van der Waals surface area contributed by atoms with Crippen molar-refractivity contribution in [1.82, 2.24) is 24.8 Å². The molecule has 3 heterocycles. The molecular formula is C15H21N5O2S2.